The highest BCUT2D eigenvalue weighted by Crippen LogP contribution is 2.38. The SMILES string of the molecule is CCC1CN2CCC1CC2CN(Cc1cccs1)Cc1cccs1. The van der Waals surface area contributed by atoms with E-state index in [0.717, 1.165) is 31.0 Å². The predicted octanol–water partition coefficient (Wildman–Crippen LogP) is 4.93. The van der Waals surface area contributed by atoms with Crippen molar-refractivity contribution in [2.24, 2.45) is 11.8 Å². The van der Waals surface area contributed by atoms with Gasteiger partial charge in [0, 0.05) is 42.0 Å². The zero-order chi connectivity index (χ0) is 16.4. The average molecular weight is 361 g/mol. The van der Waals surface area contributed by atoms with Crippen molar-refractivity contribution in [3.63, 3.8) is 0 Å². The highest BCUT2D eigenvalue weighted by atomic mass is 32.1. The van der Waals surface area contributed by atoms with Crippen molar-refractivity contribution in [3.05, 3.63) is 44.8 Å². The number of nitrogens with zero attached hydrogens (tertiary/aromatic N) is 2. The second kappa shape index (κ2) is 7.69. The van der Waals surface area contributed by atoms with Gasteiger partial charge in [0.25, 0.3) is 0 Å². The van der Waals surface area contributed by atoms with Crippen LogP contribution in [0.5, 0.6) is 0 Å². The lowest BCUT2D eigenvalue weighted by Gasteiger charge is -2.51. The molecule has 3 fully saturated rings. The zero-order valence-corrected chi connectivity index (χ0v) is 16.2. The van der Waals surface area contributed by atoms with Crippen molar-refractivity contribution in [1.29, 1.82) is 0 Å². The van der Waals surface area contributed by atoms with Gasteiger partial charge in [0.2, 0.25) is 0 Å². The Labute approximate surface area is 154 Å². The van der Waals surface area contributed by atoms with Gasteiger partial charge in [0.15, 0.2) is 0 Å². The van der Waals surface area contributed by atoms with E-state index in [2.05, 4.69) is 51.7 Å². The quantitative estimate of drug-likeness (QED) is 0.690. The lowest BCUT2D eigenvalue weighted by Crippen LogP contribution is -2.56. The molecule has 0 spiro atoms. The first-order valence-corrected chi connectivity index (χ1v) is 11.1. The standard InChI is InChI=1S/C20H28N2S2/c1-2-16-12-22-8-7-17(16)11-18(22)13-21(14-19-5-3-9-23-19)15-20-6-4-10-24-20/h3-6,9-10,16-18H,2,7-8,11-15H2,1H3. The van der Waals surface area contributed by atoms with Crippen LogP contribution in [0.15, 0.2) is 35.0 Å². The number of thiophene rings is 2. The largest absolute Gasteiger partial charge is 0.299 e. The van der Waals surface area contributed by atoms with Crippen LogP contribution in [-0.4, -0.2) is 35.5 Å². The molecule has 130 valence electrons. The minimum Gasteiger partial charge on any atom is -0.299 e. The molecule has 2 nitrogen and oxygen atoms in total. The number of hydrogen-bond donors (Lipinski definition) is 0. The van der Waals surface area contributed by atoms with Gasteiger partial charge in [-0.05, 0) is 54.1 Å². The molecule has 2 bridgehead atoms. The molecule has 0 aliphatic carbocycles. The first-order chi connectivity index (χ1) is 11.8. The second-order valence-electron chi connectivity index (χ2n) is 7.43. The molecular formula is C20H28N2S2. The lowest BCUT2D eigenvalue weighted by atomic mass is 9.74. The van der Waals surface area contributed by atoms with Gasteiger partial charge < -0.3 is 0 Å². The summed E-state index contributed by atoms with van der Waals surface area (Å²) in [7, 11) is 0. The van der Waals surface area contributed by atoms with Crippen molar-refractivity contribution in [2.45, 2.75) is 45.3 Å². The fourth-order valence-corrected chi connectivity index (χ4v) is 6.12. The minimum atomic E-state index is 0.770. The first kappa shape index (κ1) is 16.8. The van der Waals surface area contributed by atoms with Crippen LogP contribution in [0.3, 0.4) is 0 Å². The third-order valence-corrected chi connectivity index (χ3v) is 7.65. The van der Waals surface area contributed by atoms with Gasteiger partial charge in [0.1, 0.15) is 0 Å². The number of rotatable bonds is 7. The van der Waals surface area contributed by atoms with E-state index >= 15 is 0 Å². The van der Waals surface area contributed by atoms with Gasteiger partial charge in [-0.25, -0.2) is 0 Å². The van der Waals surface area contributed by atoms with Crippen LogP contribution in [0, 0.1) is 11.8 Å². The molecule has 0 aromatic carbocycles. The number of hydrogen-bond acceptors (Lipinski definition) is 4. The van der Waals surface area contributed by atoms with Crippen molar-refractivity contribution >= 4 is 22.7 Å². The van der Waals surface area contributed by atoms with Crippen molar-refractivity contribution in [1.82, 2.24) is 9.80 Å². The summed E-state index contributed by atoms with van der Waals surface area (Å²) in [5.41, 5.74) is 0. The van der Waals surface area contributed by atoms with Crippen LogP contribution in [0.2, 0.25) is 0 Å². The van der Waals surface area contributed by atoms with Crippen LogP contribution in [0.4, 0.5) is 0 Å². The van der Waals surface area contributed by atoms with Gasteiger partial charge in [-0.15, -0.1) is 22.7 Å². The van der Waals surface area contributed by atoms with Crippen LogP contribution < -0.4 is 0 Å². The van der Waals surface area contributed by atoms with Crippen LogP contribution in [0.1, 0.15) is 35.9 Å². The van der Waals surface area contributed by atoms with E-state index in [1.807, 2.05) is 22.7 Å². The fraction of sp³-hybridized carbons (Fsp3) is 0.600. The molecule has 2 aromatic rings. The van der Waals surface area contributed by atoms with E-state index in [1.165, 1.54) is 48.7 Å². The van der Waals surface area contributed by atoms with Gasteiger partial charge in [-0.2, -0.15) is 0 Å². The Balaban J connectivity index is 1.43. The Kier molecular flexibility index (Phi) is 5.37. The molecule has 4 heteroatoms. The maximum atomic E-state index is 2.80. The maximum Gasteiger partial charge on any atom is 0.0332 e. The summed E-state index contributed by atoms with van der Waals surface area (Å²) in [4.78, 5) is 8.47. The molecule has 3 aliphatic rings. The summed E-state index contributed by atoms with van der Waals surface area (Å²) in [5.74, 6) is 1.94. The molecule has 3 saturated heterocycles. The maximum absolute atomic E-state index is 2.80. The Hall–Kier alpha value is -0.680. The van der Waals surface area contributed by atoms with E-state index in [4.69, 9.17) is 0 Å². The van der Waals surface area contributed by atoms with Crippen molar-refractivity contribution < 1.29 is 0 Å². The smallest absolute Gasteiger partial charge is 0.0332 e. The van der Waals surface area contributed by atoms with Gasteiger partial charge in [0.05, 0.1) is 0 Å². The van der Waals surface area contributed by atoms with Crippen LogP contribution in [0.25, 0.3) is 0 Å². The van der Waals surface area contributed by atoms with E-state index in [9.17, 15) is 0 Å². The van der Waals surface area contributed by atoms with E-state index in [-0.39, 0.29) is 0 Å². The molecule has 0 saturated carbocycles. The lowest BCUT2D eigenvalue weighted by molar-refractivity contribution is -0.0159. The highest BCUT2D eigenvalue weighted by Gasteiger charge is 2.39. The normalized spacial score (nSPS) is 29.4. The molecule has 4 atom stereocenters. The Morgan fingerprint density at radius 1 is 1.12 bits per heavy atom. The van der Waals surface area contributed by atoms with Crippen LogP contribution in [-0.2, 0) is 13.1 Å². The molecule has 4 unspecified atom stereocenters. The summed E-state index contributed by atoms with van der Waals surface area (Å²) < 4.78 is 0. The van der Waals surface area contributed by atoms with Gasteiger partial charge in [-0.1, -0.05) is 25.5 Å². The van der Waals surface area contributed by atoms with Crippen molar-refractivity contribution in [2.75, 3.05) is 19.6 Å². The zero-order valence-electron chi connectivity index (χ0n) is 14.6. The summed E-state index contributed by atoms with van der Waals surface area (Å²) >= 11 is 3.79. The number of piperidine rings is 3. The molecule has 5 heterocycles. The van der Waals surface area contributed by atoms with E-state index in [1.54, 1.807) is 0 Å². The van der Waals surface area contributed by atoms with Crippen LogP contribution >= 0.6 is 22.7 Å². The molecule has 2 aromatic heterocycles. The third-order valence-electron chi connectivity index (χ3n) is 5.93. The molecule has 0 radical (unpaired) electrons. The van der Waals surface area contributed by atoms with E-state index in [0.29, 0.717) is 0 Å². The summed E-state index contributed by atoms with van der Waals surface area (Å²) in [6.07, 6.45) is 4.22. The topological polar surface area (TPSA) is 6.48 Å². The molecule has 3 aliphatic heterocycles. The molecular weight excluding hydrogens is 332 g/mol. The first-order valence-electron chi connectivity index (χ1n) is 9.33. The average Bonchev–Trinajstić information content (AvgIpc) is 3.29. The summed E-state index contributed by atoms with van der Waals surface area (Å²) in [6.45, 7) is 8.48. The fourth-order valence-electron chi connectivity index (χ4n) is 4.63. The second-order valence-corrected chi connectivity index (χ2v) is 9.49. The summed E-state index contributed by atoms with van der Waals surface area (Å²) in [5, 5.41) is 4.41. The molecule has 24 heavy (non-hydrogen) atoms. The molecule has 0 amide bonds. The molecule has 5 rings (SSSR count). The Morgan fingerprint density at radius 3 is 2.33 bits per heavy atom. The summed E-state index contributed by atoms with van der Waals surface area (Å²) in [6, 6.07) is 9.70. The Bertz CT molecular complexity index is 571. The molecule has 0 N–H and O–H groups in total. The van der Waals surface area contributed by atoms with Crippen molar-refractivity contribution in [3.8, 4) is 0 Å². The van der Waals surface area contributed by atoms with Gasteiger partial charge >= 0.3 is 0 Å². The van der Waals surface area contributed by atoms with E-state index < -0.39 is 0 Å². The predicted molar refractivity (Wildman–Crippen MR) is 105 cm³/mol. The number of fused-ring (bicyclic) bond motifs is 3. The highest BCUT2D eigenvalue weighted by molar-refractivity contribution is 7.10. The third kappa shape index (κ3) is 3.77. The van der Waals surface area contributed by atoms with Gasteiger partial charge in [-0.3, -0.25) is 9.80 Å². The monoisotopic (exact) mass is 360 g/mol. The minimum absolute atomic E-state index is 0.770. The Morgan fingerprint density at radius 2 is 1.83 bits per heavy atom.